The van der Waals surface area contributed by atoms with Crippen molar-refractivity contribution < 1.29 is 33.4 Å². The molecule has 16 nitrogen and oxygen atoms in total. The fourth-order valence-electron chi connectivity index (χ4n) is 6.68. The maximum atomic E-state index is 12.0. The number of hydrogen-bond donors (Lipinski definition) is 4. The summed E-state index contributed by atoms with van der Waals surface area (Å²) in [6, 6.07) is 19.8. The van der Waals surface area contributed by atoms with Gasteiger partial charge in [0.1, 0.15) is 13.2 Å². The molecule has 4 N–H and O–H groups in total. The third-order valence-corrected chi connectivity index (χ3v) is 9.49. The van der Waals surface area contributed by atoms with Crippen LogP contribution >= 0.6 is 0 Å². The van der Waals surface area contributed by atoms with Gasteiger partial charge in [-0.05, 0) is 11.1 Å². The molecule has 0 bridgehead atoms. The van der Waals surface area contributed by atoms with Crippen molar-refractivity contribution in [3.8, 4) is 0 Å². The van der Waals surface area contributed by atoms with E-state index in [2.05, 4.69) is 21.3 Å². The Bertz CT molecular complexity index is 1410. The number of carbonyl (C=O) groups excluding carboxylic acids is 5. The molecule has 0 aromatic heterocycles. The average Bonchev–Trinajstić information content (AvgIpc) is 3.86. The first-order valence-electron chi connectivity index (χ1n) is 17.1. The van der Waals surface area contributed by atoms with Gasteiger partial charge in [0.25, 0.3) is 0 Å². The second-order valence-corrected chi connectivity index (χ2v) is 12.8. The lowest BCUT2D eigenvalue weighted by atomic mass is 10.2. The van der Waals surface area contributed by atoms with E-state index >= 15 is 0 Å². The van der Waals surface area contributed by atoms with Gasteiger partial charge in [0.15, 0.2) is 0 Å². The predicted octanol–water partition coefficient (Wildman–Crippen LogP) is 1.05. The van der Waals surface area contributed by atoms with E-state index in [0.717, 1.165) is 37.3 Å². The van der Waals surface area contributed by atoms with Crippen molar-refractivity contribution >= 4 is 30.3 Å². The maximum absolute atomic E-state index is 12.0. The molecular formula is C34H45N9O7. The van der Waals surface area contributed by atoms with Gasteiger partial charge in [0.2, 0.25) is 0 Å². The molecule has 0 saturated carbocycles. The van der Waals surface area contributed by atoms with Crippen LogP contribution in [0.1, 0.15) is 11.1 Å². The molecule has 268 valence electrons. The summed E-state index contributed by atoms with van der Waals surface area (Å²) >= 11 is 0. The van der Waals surface area contributed by atoms with Gasteiger partial charge in [-0.1, -0.05) is 60.7 Å². The molecule has 3 atom stereocenters. The topological polar surface area (TPSA) is 168 Å². The molecule has 0 aliphatic carbocycles. The Morgan fingerprint density at radius 1 is 0.560 bits per heavy atom. The Hall–Kier alpha value is -5.25. The summed E-state index contributed by atoms with van der Waals surface area (Å²) in [4.78, 5) is 66.8. The number of piperazine rings is 3. The minimum atomic E-state index is -0.312. The van der Waals surface area contributed by atoms with Gasteiger partial charge in [-0.2, -0.15) is 0 Å². The van der Waals surface area contributed by atoms with Gasteiger partial charge in [-0.15, -0.1) is 0 Å². The number of carbonyl (C=O) groups is 5. The lowest BCUT2D eigenvalue weighted by molar-refractivity contribution is 0.0679. The molecule has 6 saturated heterocycles. The van der Waals surface area contributed by atoms with E-state index in [1.54, 1.807) is 19.6 Å². The number of benzene rings is 2. The molecule has 0 spiro atoms. The van der Waals surface area contributed by atoms with Crippen LogP contribution in [0.4, 0.5) is 24.0 Å². The van der Waals surface area contributed by atoms with Crippen LogP contribution < -0.4 is 21.3 Å². The molecule has 6 heterocycles. The van der Waals surface area contributed by atoms with Crippen LogP contribution in [-0.4, -0.2) is 151 Å². The zero-order chi connectivity index (χ0) is 34.9. The van der Waals surface area contributed by atoms with Crippen molar-refractivity contribution in [2.24, 2.45) is 0 Å². The summed E-state index contributed by atoms with van der Waals surface area (Å²) in [6.45, 7) is 8.55. The summed E-state index contributed by atoms with van der Waals surface area (Å²) < 4.78 is 10.6. The average molecular weight is 692 g/mol. The highest BCUT2D eigenvalue weighted by molar-refractivity contribution is 5.78. The van der Waals surface area contributed by atoms with Gasteiger partial charge in [0.05, 0.1) is 18.1 Å². The highest BCUT2D eigenvalue weighted by Crippen LogP contribution is 2.17. The molecule has 2 aromatic rings. The summed E-state index contributed by atoms with van der Waals surface area (Å²) in [6.07, 6.45) is -0.624. The van der Waals surface area contributed by atoms with Crippen molar-refractivity contribution in [1.82, 2.24) is 45.8 Å². The Balaban J connectivity index is 0.000000137. The lowest BCUT2D eigenvalue weighted by Crippen LogP contribution is -2.53. The van der Waals surface area contributed by atoms with E-state index < -0.39 is 0 Å². The third kappa shape index (κ3) is 8.66. The number of amides is 8. The molecule has 50 heavy (non-hydrogen) atoms. The Morgan fingerprint density at radius 2 is 0.980 bits per heavy atom. The van der Waals surface area contributed by atoms with E-state index in [9.17, 15) is 24.0 Å². The summed E-state index contributed by atoms with van der Waals surface area (Å²) in [5.41, 5.74) is 1.94. The summed E-state index contributed by atoms with van der Waals surface area (Å²) in [7, 11) is 0. The van der Waals surface area contributed by atoms with Gasteiger partial charge in [-0.3, -0.25) is 0 Å². The highest BCUT2D eigenvalue weighted by atomic mass is 16.6. The van der Waals surface area contributed by atoms with Crippen LogP contribution in [0.5, 0.6) is 0 Å². The Morgan fingerprint density at radius 3 is 1.42 bits per heavy atom. The molecule has 2 aromatic carbocycles. The molecule has 0 radical (unpaired) electrons. The Kier molecular flexibility index (Phi) is 11.4. The molecule has 8 amide bonds. The number of nitrogens with zero attached hydrogens (tertiary/aromatic N) is 5. The highest BCUT2D eigenvalue weighted by Gasteiger charge is 2.38. The van der Waals surface area contributed by atoms with Crippen LogP contribution in [0.15, 0.2) is 60.7 Å². The van der Waals surface area contributed by atoms with Crippen LogP contribution in [0.2, 0.25) is 0 Å². The normalized spacial score (nSPS) is 23.5. The largest absolute Gasteiger partial charge is 0.445 e. The van der Waals surface area contributed by atoms with Gasteiger partial charge < -0.3 is 55.2 Å². The molecule has 6 fully saturated rings. The Labute approximate surface area is 291 Å². The number of urea groups is 3. The monoisotopic (exact) mass is 691 g/mol. The van der Waals surface area contributed by atoms with Crippen molar-refractivity contribution in [3.63, 3.8) is 0 Å². The first-order chi connectivity index (χ1) is 24.4. The quantitative estimate of drug-likeness (QED) is 0.369. The van der Waals surface area contributed by atoms with Crippen molar-refractivity contribution in [3.05, 3.63) is 71.8 Å². The molecule has 8 rings (SSSR count). The summed E-state index contributed by atoms with van der Waals surface area (Å²) in [5, 5.41) is 11.6. The maximum Gasteiger partial charge on any atom is 0.410 e. The zero-order valence-electron chi connectivity index (χ0n) is 28.0. The first-order valence-corrected chi connectivity index (χ1v) is 17.1. The number of ether oxygens (including phenoxy) is 2. The number of hydrogen-bond acceptors (Lipinski definition) is 8. The number of rotatable bonds is 4. The SMILES string of the molecule is O=C(OCc1ccccc1)N1CCN2C(=O)NCC2C1.O=C(OCc1ccccc1)N1CCN2C(=O)NC[C@@H]2C1.O=C1NC[C@@H]2CNCCN12. The van der Waals surface area contributed by atoms with Gasteiger partial charge in [0, 0.05) is 78.5 Å². The van der Waals surface area contributed by atoms with Crippen LogP contribution in [-0.2, 0) is 22.7 Å². The van der Waals surface area contributed by atoms with Crippen molar-refractivity contribution in [1.29, 1.82) is 0 Å². The summed E-state index contributed by atoms with van der Waals surface area (Å²) in [5.74, 6) is 0. The smallest absolute Gasteiger partial charge is 0.410 e. The van der Waals surface area contributed by atoms with Crippen LogP contribution in [0, 0.1) is 0 Å². The third-order valence-electron chi connectivity index (χ3n) is 9.49. The van der Waals surface area contributed by atoms with Crippen LogP contribution in [0.3, 0.4) is 0 Å². The standard InChI is InChI=1S/2C14H17N3O3.C6H11N3O/c2*18-13-15-8-12-9-16(6-7-17(12)13)14(19)20-10-11-4-2-1-3-5-11;10-6-8-4-5-3-7-1-2-9(5)6/h2*1-5,12H,6-10H2,(H,15,18);5,7H,1-4H2,(H,8,10)/t12-;;5-/m1.0/s1. The molecule has 16 heteroatoms. The van der Waals surface area contributed by atoms with Gasteiger partial charge in [-0.25, -0.2) is 24.0 Å². The van der Waals surface area contributed by atoms with Crippen molar-refractivity contribution in [2.75, 3.05) is 78.5 Å². The fraction of sp³-hybridized carbons (Fsp3) is 0.500. The predicted molar refractivity (Wildman–Crippen MR) is 181 cm³/mol. The second-order valence-electron chi connectivity index (χ2n) is 12.8. The molecule has 6 aliphatic heterocycles. The second kappa shape index (κ2) is 16.4. The fourth-order valence-corrected chi connectivity index (χ4v) is 6.68. The zero-order valence-corrected chi connectivity index (χ0v) is 28.0. The molecular weight excluding hydrogens is 646 g/mol. The van der Waals surface area contributed by atoms with E-state index in [4.69, 9.17) is 9.47 Å². The van der Waals surface area contributed by atoms with E-state index in [1.165, 1.54) is 0 Å². The number of fused-ring (bicyclic) bond motifs is 3. The van der Waals surface area contributed by atoms with Crippen molar-refractivity contribution in [2.45, 2.75) is 31.3 Å². The molecule has 1 unspecified atom stereocenters. The minimum absolute atomic E-state index is 0.0349. The van der Waals surface area contributed by atoms with E-state index in [-0.39, 0.29) is 55.6 Å². The minimum Gasteiger partial charge on any atom is -0.445 e. The van der Waals surface area contributed by atoms with Crippen LogP contribution in [0.25, 0.3) is 0 Å². The number of nitrogens with one attached hydrogen (secondary N) is 4. The van der Waals surface area contributed by atoms with Gasteiger partial charge >= 0.3 is 30.3 Å². The lowest BCUT2D eigenvalue weighted by Gasteiger charge is -2.35. The molecule has 6 aliphatic rings. The van der Waals surface area contributed by atoms with E-state index in [0.29, 0.717) is 58.4 Å². The first kappa shape index (κ1) is 34.6. The van der Waals surface area contributed by atoms with E-state index in [1.807, 2.05) is 65.6 Å².